The summed E-state index contributed by atoms with van der Waals surface area (Å²) in [6, 6.07) is 26.9. The van der Waals surface area contributed by atoms with E-state index in [1.807, 2.05) is 97.5 Å². The van der Waals surface area contributed by atoms with Crippen LogP contribution in [0.15, 0.2) is 97.6 Å². The molecule has 3 aromatic carbocycles. The average Bonchev–Trinajstić information content (AvgIpc) is 4.12. The Morgan fingerprint density at radius 1 is 0.862 bits per heavy atom. The number of rotatable bonds is 14. The number of carboxylic acid groups (broad SMARTS) is 1. The van der Waals surface area contributed by atoms with Gasteiger partial charge in [0, 0.05) is 23.0 Å². The zero-order chi connectivity index (χ0) is 45.8. The van der Waals surface area contributed by atoms with Crippen LogP contribution in [-0.4, -0.2) is 88.0 Å². The first-order chi connectivity index (χ1) is 31.5. The average molecular weight is 920 g/mol. The van der Waals surface area contributed by atoms with E-state index in [0.29, 0.717) is 54.5 Å². The number of amides is 5. The zero-order valence-electron chi connectivity index (χ0n) is 37.7. The van der Waals surface area contributed by atoms with Gasteiger partial charge in [-0.3, -0.25) is 24.2 Å². The largest absolute Gasteiger partial charge is 0.479 e. The molecule has 4 aromatic rings. The van der Waals surface area contributed by atoms with Crippen molar-refractivity contribution >= 4 is 68.6 Å². The summed E-state index contributed by atoms with van der Waals surface area (Å²) < 4.78 is 1.04. The van der Waals surface area contributed by atoms with Gasteiger partial charge in [-0.2, -0.15) is 11.8 Å². The number of hydrogen-bond acceptors (Lipinski definition) is 8. The number of aryl methyl sites for hydroxylation is 1. The summed E-state index contributed by atoms with van der Waals surface area (Å²) in [6.07, 6.45) is 12.5. The predicted molar refractivity (Wildman–Crippen MR) is 263 cm³/mol. The quantitative estimate of drug-likeness (QED) is 0.0915. The standard InChI is InChI=1S/C36H46N4O3S2.C16H19NO3/c41-33(32-25-29-10-4-5-11-31(29)45-32)39-36(17-6-7-18-36)34(42)40(21-14-26-8-2-1-3-9-26)35(43)38-30(28-12-19-37-20-13-28)24-27-15-22-44-23-16-27;1-3-14(18)17(13-8-6-7-12(2)11-13)16(15(19)20)9-4-5-10-16/h1-5,8-11,25,27-28,30,37H,6-7,12-24H2,(H,38,43)(H,39,41);3,6-8,11H,1,4-5,9-10H2,2H3,(H,19,20)/t30-;/m1./s1. The number of carboxylic acids is 1. The van der Waals surface area contributed by atoms with Crippen LogP contribution in [-0.2, 0) is 20.8 Å². The Morgan fingerprint density at radius 2 is 1.54 bits per heavy atom. The highest BCUT2D eigenvalue weighted by Crippen LogP contribution is 2.40. The maximum atomic E-state index is 14.7. The van der Waals surface area contributed by atoms with Gasteiger partial charge in [0.1, 0.15) is 11.1 Å². The molecule has 0 radical (unpaired) electrons. The number of nitrogens with one attached hydrogen (secondary N) is 3. The number of nitrogens with zero attached hydrogens (tertiary/aromatic N) is 2. The highest BCUT2D eigenvalue weighted by molar-refractivity contribution is 7.99. The lowest BCUT2D eigenvalue weighted by molar-refractivity contribution is -0.144. The van der Waals surface area contributed by atoms with E-state index in [1.54, 1.807) is 6.07 Å². The number of imide groups is 1. The Kier molecular flexibility index (Phi) is 16.6. The molecule has 3 heterocycles. The molecule has 2 saturated heterocycles. The Balaban J connectivity index is 0.000000263. The molecule has 2 aliphatic carbocycles. The SMILES string of the molecule is C=CC(=O)N(c1cccc(C)c1)C1(C(=O)O)CCCC1.O=C(NC1(C(=O)N(CCc2ccccc2)C(=O)N[C@H](CC2CCSCC2)C2CCNCC2)CCCC1)c1cc2ccccc2s1. The second-order valence-electron chi connectivity index (χ2n) is 18.3. The Labute approximate surface area is 392 Å². The van der Waals surface area contributed by atoms with Crippen LogP contribution in [0.4, 0.5) is 10.5 Å². The predicted octanol–water partition coefficient (Wildman–Crippen LogP) is 9.54. The van der Waals surface area contributed by atoms with Gasteiger partial charge < -0.3 is 21.1 Å². The number of thioether (sulfide) groups is 1. The van der Waals surface area contributed by atoms with Crippen molar-refractivity contribution in [3.63, 3.8) is 0 Å². The van der Waals surface area contributed by atoms with E-state index >= 15 is 0 Å². The fourth-order valence-electron chi connectivity index (χ4n) is 10.3. The molecule has 13 heteroatoms. The number of carbonyl (C=O) groups is 5. The summed E-state index contributed by atoms with van der Waals surface area (Å²) in [4.78, 5) is 70.2. The number of piperidine rings is 1. The molecule has 0 bridgehead atoms. The molecule has 346 valence electrons. The number of hydrogen-bond donors (Lipinski definition) is 4. The van der Waals surface area contributed by atoms with Gasteiger partial charge in [0.2, 0.25) is 0 Å². The third-order valence-electron chi connectivity index (χ3n) is 13.9. The molecule has 5 amide bonds. The molecule has 0 unspecified atom stereocenters. The molecule has 2 saturated carbocycles. The van der Waals surface area contributed by atoms with Crippen molar-refractivity contribution in [2.45, 2.75) is 114 Å². The molecular formula is C52H65N5O6S2. The van der Waals surface area contributed by atoms with E-state index < -0.39 is 17.0 Å². The van der Waals surface area contributed by atoms with Crippen LogP contribution in [0, 0.1) is 18.8 Å². The Morgan fingerprint density at radius 3 is 2.20 bits per heavy atom. The number of urea groups is 1. The molecule has 1 aromatic heterocycles. The second kappa shape index (κ2) is 22.5. The number of benzene rings is 3. The van der Waals surface area contributed by atoms with E-state index in [9.17, 15) is 29.1 Å². The fraction of sp³-hybridized carbons (Fsp3) is 0.481. The minimum absolute atomic E-state index is 0.0346. The lowest BCUT2D eigenvalue weighted by atomic mass is 9.83. The highest BCUT2D eigenvalue weighted by Gasteiger charge is 2.49. The van der Waals surface area contributed by atoms with Crippen molar-refractivity contribution < 1.29 is 29.1 Å². The summed E-state index contributed by atoms with van der Waals surface area (Å²) >= 11 is 3.46. The molecule has 4 fully saturated rings. The molecule has 2 aliphatic heterocycles. The van der Waals surface area contributed by atoms with Crippen molar-refractivity contribution in [1.82, 2.24) is 20.9 Å². The van der Waals surface area contributed by atoms with Crippen LogP contribution >= 0.6 is 23.1 Å². The first-order valence-corrected chi connectivity index (χ1v) is 25.5. The van der Waals surface area contributed by atoms with E-state index in [2.05, 4.69) is 22.5 Å². The monoisotopic (exact) mass is 919 g/mol. The lowest BCUT2D eigenvalue weighted by Crippen LogP contribution is -2.62. The van der Waals surface area contributed by atoms with Gasteiger partial charge in [0.15, 0.2) is 0 Å². The van der Waals surface area contributed by atoms with E-state index in [1.165, 1.54) is 51.6 Å². The maximum absolute atomic E-state index is 14.7. The first-order valence-electron chi connectivity index (χ1n) is 23.5. The summed E-state index contributed by atoms with van der Waals surface area (Å²) in [5, 5.41) is 20.8. The van der Waals surface area contributed by atoms with Crippen LogP contribution < -0.4 is 20.9 Å². The van der Waals surface area contributed by atoms with Crippen LogP contribution in [0.5, 0.6) is 0 Å². The maximum Gasteiger partial charge on any atom is 0.330 e. The molecule has 8 rings (SSSR count). The Hall–Kier alpha value is -4.98. The molecule has 4 N–H and O–H groups in total. The highest BCUT2D eigenvalue weighted by atomic mass is 32.2. The van der Waals surface area contributed by atoms with Gasteiger partial charge in [0.05, 0.1) is 4.88 Å². The van der Waals surface area contributed by atoms with Crippen molar-refractivity contribution in [2.24, 2.45) is 11.8 Å². The number of carbonyl (C=O) groups excluding carboxylic acids is 4. The third-order valence-corrected chi connectivity index (χ3v) is 16.1. The van der Waals surface area contributed by atoms with E-state index in [-0.39, 0.29) is 36.3 Å². The molecule has 11 nitrogen and oxygen atoms in total. The summed E-state index contributed by atoms with van der Waals surface area (Å²) in [5.41, 5.74) is 0.458. The number of aliphatic carboxylic acids is 1. The minimum atomic E-state index is -1.14. The van der Waals surface area contributed by atoms with Gasteiger partial charge in [-0.05, 0) is 154 Å². The van der Waals surface area contributed by atoms with Gasteiger partial charge >= 0.3 is 12.0 Å². The summed E-state index contributed by atoms with van der Waals surface area (Å²) in [6.45, 7) is 7.62. The molecular weight excluding hydrogens is 855 g/mol. The lowest BCUT2D eigenvalue weighted by Gasteiger charge is -2.38. The van der Waals surface area contributed by atoms with E-state index in [4.69, 9.17) is 0 Å². The van der Waals surface area contributed by atoms with Crippen LogP contribution in [0.25, 0.3) is 10.1 Å². The number of anilines is 1. The molecule has 0 spiro atoms. The Bertz CT molecular complexity index is 2240. The van der Waals surface area contributed by atoms with Crippen LogP contribution in [0.2, 0.25) is 0 Å². The topological polar surface area (TPSA) is 148 Å². The van der Waals surface area contributed by atoms with Gasteiger partial charge in [-0.25, -0.2) is 9.59 Å². The zero-order valence-corrected chi connectivity index (χ0v) is 39.4. The fourth-order valence-corrected chi connectivity index (χ4v) is 12.5. The molecule has 65 heavy (non-hydrogen) atoms. The van der Waals surface area contributed by atoms with Crippen molar-refractivity contribution in [1.29, 1.82) is 0 Å². The normalized spacial score (nSPS) is 18.7. The van der Waals surface area contributed by atoms with Crippen molar-refractivity contribution in [3.05, 3.63) is 114 Å². The van der Waals surface area contributed by atoms with Gasteiger partial charge in [-0.1, -0.05) is 92.9 Å². The third kappa shape index (κ3) is 11.7. The van der Waals surface area contributed by atoms with Crippen LogP contribution in [0.1, 0.15) is 104 Å². The minimum Gasteiger partial charge on any atom is -0.479 e. The van der Waals surface area contributed by atoms with Crippen molar-refractivity contribution in [3.8, 4) is 0 Å². The number of thiophene rings is 1. The van der Waals surface area contributed by atoms with E-state index in [0.717, 1.165) is 79.2 Å². The smallest absolute Gasteiger partial charge is 0.330 e. The van der Waals surface area contributed by atoms with Gasteiger partial charge in [0.25, 0.3) is 17.7 Å². The van der Waals surface area contributed by atoms with Crippen LogP contribution in [0.3, 0.4) is 0 Å². The summed E-state index contributed by atoms with van der Waals surface area (Å²) in [5.74, 6) is 1.54. The second-order valence-corrected chi connectivity index (χ2v) is 20.6. The molecule has 4 aliphatic rings. The first kappa shape index (κ1) is 48.0. The number of fused-ring (bicyclic) bond motifs is 1. The van der Waals surface area contributed by atoms with Gasteiger partial charge in [-0.15, -0.1) is 11.3 Å². The molecule has 1 atom stereocenters. The summed E-state index contributed by atoms with van der Waals surface area (Å²) in [7, 11) is 0. The van der Waals surface area contributed by atoms with Crippen molar-refractivity contribution in [2.75, 3.05) is 36.0 Å².